The van der Waals surface area contributed by atoms with Gasteiger partial charge in [0.15, 0.2) is 8.32 Å². The molecule has 0 saturated carbocycles. The molecule has 2 aromatic rings. The van der Waals surface area contributed by atoms with Crippen LogP contribution >= 0.6 is 15.9 Å². The van der Waals surface area contributed by atoms with Crippen LogP contribution in [0.1, 0.15) is 55.6 Å². The quantitative estimate of drug-likeness (QED) is 0.205. The average molecular weight is 542 g/mol. The van der Waals surface area contributed by atoms with Gasteiger partial charge in [0.1, 0.15) is 0 Å². The van der Waals surface area contributed by atoms with Crippen molar-refractivity contribution >= 4 is 34.4 Å². The second-order valence-electron chi connectivity index (χ2n) is 10.3. The third-order valence-electron chi connectivity index (χ3n) is 6.54. The highest BCUT2D eigenvalue weighted by Crippen LogP contribution is 2.40. The van der Waals surface area contributed by atoms with E-state index in [1.165, 1.54) is 11.6 Å². The predicted molar refractivity (Wildman–Crippen MR) is 139 cm³/mol. The fourth-order valence-electron chi connectivity index (χ4n) is 3.53. The second-order valence-corrected chi connectivity index (χ2v) is 17.5. The number of alkyl halides is 1. The van der Waals surface area contributed by atoms with Crippen molar-refractivity contribution in [3.8, 4) is 0 Å². The van der Waals surface area contributed by atoms with E-state index in [2.05, 4.69) is 68.9 Å². The van der Waals surface area contributed by atoms with Crippen molar-refractivity contribution in [2.75, 3.05) is 0 Å². The van der Waals surface area contributed by atoms with Gasteiger partial charge < -0.3 is 4.43 Å². The first-order valence-electron chi connectivity index (χ1n) is 11.1. The zero-order valence-electron chi connectivity index (χ0n) is 20.2. The molecule has 0 saturated heterocycles. The second kappa shape index (κ2) is 10.5. The molecule has 1 unspecified atom stereocenters. The lowest BCUT2D eigenvalue weighted by Gasteiger charge is -2.41. The molecule has 0 radical (unpaired) electrons. The molecule has 2 aromatic carbocycles. The van der Waals surface area contributed by atoms with Crippen molar-refractivity contribution in [1.82, 2.24) is 0 Å². The maximum Gasteiger partial charge on any atom is 0.294 e. The lowest BCUT2D eigenvalue weighted by molar-refractivity contribution is 0.120. The van der Waals surface area contributed by atoms with Gasteiger partial charge in [-0.3, -0.25) is 4.55 Å². The van der Waals surface area contributed by atoms with Crippen molar-refractivity contribution in [3.63, 3.8) is 0 Å². The molecule has 0 amide bonds. The number of benzene rings is 2. The third-order valence-corrected chi connectivity index (χ3v) is 12.9. The highest BCUT2D eigenvalue weighted by Gasteiger charge is 2.40. The lowest BCUT2D eigenvalue weighted by atomic mass is 9.91. The van der Waals surface area contributed by atoms with Gasteiger partial charge in [-0.2, -0.15) is 8.42 Å². The van der Waals surface area contributed by atoms with Gasteiger partial charge in [0.2, 0.25) is 0 Å². The van der Waals surface area contributed by atoms with Crippen molar-refractivity contribution < 1.29 is 17.4 Å². The van der Waals surface area contributed by atoms with Gasteiger partial charge in [-0.05, 0) is 61.0 Å². The van der Waals surface area contributed by atoms with Gasteiger partial charge >= 0.3 is 0 Å². The summed E-state index contributed by atoms with van der Waals surface area (Å²) >= 11 is 3.84. The Labute approximate surface area is 203 Å². The highest BCUT2D eigenvalue weighted by molar-refractivity contribution is 9.09. The van der Waals surface area contributed by atoms with Crippen LogP contribution < -0.4 is 0 Å². The molecule has 1 N–H and O–H groups in total. The van der Waals surface area contributed by atoms with E-state index in [1.807, 2.05) is 31.2 Å². The molecule has 2 rings (SSSR count). The highest BCUT2D eigenvalue weighted by atomic mass is 79.9. The molecule has 0 heterocycles. The van der Waals surface area contributed by atoms with Crippen LogP contribution in [-0.4, -0.2) is 27.4 Å². The van der Waals surface area contributed by atoms with E-state index in [9.17, 15) is 13.0 Å². The summed E-state index contributed by atoms with van der Waals surface area (Å²) in [4.78, 5) is 0.139. The lowest BCUT2D eigenvalue weighted by Crippen LogP contribution is -2.46. The van der Waals surface area contributed by atoms with Crippen LogP contribution in [-0.2, 0) is 21.0 Å². The molecule has 0 spiro atoms. The Kier molecular flexibility index (Phi) is 8.95. The van der Waals surface area contributed by atoms with Gasteiger partial charge in [0.25, 0.3) is 10.1 Å². The van der Waals surface area contributed by atoms with Crippen LogP contribution in [0.2, 0.25) is 18.1 Å². The molecule has 0 aliphatic heterocycles. The first-order chi connectivity index (χ1) is 14.6. The first-order valence-corrected chi connectivity index (χ1v) is 16.3. The summed E-state index contributed by atoms with van der Waals surface area (Å²) < 4.78 is 40.7. The van der Waals surface area contributed by atoms with E-state index >= 15 is 0 Å². The molecule has 3 atom stereocenters. The van der Waals surface area contributed by atoms with E-state index in [-0.39, 0.29) is 26.8 Å². The molecule has 0 aromatic heterocycles. The number of hydrogen-bond donors (Lipinski definition) is 1. The number of aryl methyl sites for hydroxylation is 1. The van der Waals surface area contributed by atoms with Crippen LogP contribution in [0.5, 0.6) is 0 Å². The number of halogens is 1. The van der Waals surface area contributed by atoms with E-state index in [4.69, 9.17) is 4.43 Å². The van der Waals surface area contributed by atoms with Gasteiger partial charge in [0, 0.05) is 4.83 Å². The maximum absolute atomic E-state index is 12.0. The van der Waals surface area contributed by atoms with Crippen molar-refractivity contribution in [3.05, 3.63) is 65.2 Å². The summed E-state index contributed by atoms with van der Waals surface area (Å²) in [7, 11) is -6.43. The zero-order chi connectivity index (χ0) is 24.3. The topological polar surface area (TPSA) is 63.6 Å². The molecule has 4 nitrogen and oxygen atoms in total. The first kappa shape index (κ1) is 27.3. The van der Waals surface area contributed by atoms with Crippen LogP contribution in [0.3, 0.4) is 0 Å². The molecule has 178 valence electrons. The van der Waals surface area contributed by atoms with Crippen LogP contribution in [0.4, 0.5) is 0 Å². The van der Waals surface area contributed by atoms with E-state index in [0.717, 1.165) is 12.0 Å². The Balaban J connectivity index is 2.40. The Bertz CT molecular complexity index is 1000. The summed E-state index contributed by atoms with van der Waals surface area (Å²) in [6.45, 7) is 15.1. The Morgan fingerprint density at radius 2 is 1.69 bits per heavy atom. The molecule has 0 fully saturated rings. The van der Waals surface area contributed by atoms with Gasteiger partial charge in [-0.25, -0.2) is 0 Å². The maximum atomic E-state index is 12.0. The Morgan fingerprint density at radius 3 is 2.22 bits per heavy atom. The standard InChI is InChI=1S/C25H37BrO4SSi/c1-18-13-14-24(31(27,28)29)21(15-18)17-23(30-32(6,7)25(3,4)5)19(2)16-22(26)20-11-9-8-10-12-20/h8-15,19,22-23H,16-17H2,1-7H3,(H,27,28,29)/t19-,22?,23-/m1/s1. The monoisotopic (exact) mass is 540 g/mol. The Morgan fingerprint density at radius 1 is 1.09 bits per heavy atom. The van der Waals surface area contributed by atoms with Crippen molar-refractivity contribution in [1.29, 1.82) is 0 Å². The van der Waals surface area contributed by atoms with Gasteiger partial charge in [-0.15, -0.1) is 0 Å². The number of hydrogen-bond acceptors (Lipinski definition) is 3. The summed E-state index contributed by atoms with van der Waals surface area (Å²) in [5.41, 5.74) is 2.77. The van der Waals surface area contributed by atoms with E-state index in [1.54, 1.807) is 6.07 Å². The number of rotatable bonds is 9. The minimum absolute atomic E-state index is 0.0245. The summed E-state index contributed by atoms with van der Waals surface area (Å²) in [5.74, 6) is 0.156. The van der Waals surface area contributed by atoms with Crippen LogP contribution in [0.15, 0.2) is 53.4 Å². The summed E-state index contributed by atoms with van der Waals surface area (Å²) in [6.07, 6.45) is 1.09. The smallest absolute Gasteiger partial charge is 0.294 e. The largest absolute Gasteiger partial charge is 0.413 e. The molecular formula is C25H37BrO4SSi. The van der Waals surface area contributed by atoms with Crippen LogP contribution in [0, 0.1) is 12.8 Å². The molecule has 32 heavy (non-hydrogen) atoms. The molecular weight excluding hydrogens is 504 g/mol. The molecule has 0 aliphatic carbocycles. The van der Waals surface area contributed by atoms with E-state index in [0.29, 0.717) is 12.0 Å². The van der Waals surface area contributed by atoms with Crippen molar-refractivity contribution in [2.24, 2.45) is 5.92 Å². The van der Waals surface area contributed by atoms with Crippen molar-refractivity contribution in [2.45, 2.75) is 81.4 Å². The van der Waals surface area contributed by atoms with Gasteiger partial charge in [0.05, 0.1) is 11.0 Å². The zero-order valence-corrected chi connectivity index (χ0v) is 23.6. The fourth-order valence-corrected chi connectivity index (χ4v) is 6.56. The minimum atomic E-state index is -4.31. The summed E-state index contributed by atoms with van der Waals surface area (Å²) in [5, 5.41) is 0.0245. The third kappa shape index (κ3) is 7.25. The van der Waals surface area contributed by atoms with Crippen LogP contribution in [0.25, 0.3) is 0 Å². The Hall–Kier alpha value is -0.993. The average Bonchev–Trinajstić information content (AvgIpc) is 2.66. The normalized spacial score (nSPS) is 15.9. The van der Waals surface area contributed by atoms with Gasteiger partial charge in [-0.1, -0.05) is 91.7 Å². The van der Waals surface area contributed by atoms with E-state index < -0.39 is 18.4 Å². The molecule has 7 heteroatoms. The summed E-state index contributed by atoms with van der Waals surface area (Å²) in [6, 6.07) is 15.3. The predicted octanol–water partition coefficient (Wildman–Crippen LogP) is 7.34. The fraction of sp³-hybridized carbons (Fsp3) is 0.520. The molecule has 0 aliphatic rings. The minimum Gasteiger partial charge on any atom is -0.413 e. The SMILES string of the molecule is Cc1ccc(S(=O)(=O)O)c(C[C@@H](O[Si](C)(C)C(C)(C)C)[C@H](C)CC(Br)c2ccccc2)c1. The molecule has 0 bridgehead atoms.